The van der Waals surface area contributed by atoms with Crippen molar-refractivity contribution in [2.24, 2.45) is 5.73 Å². The zero-order chi connectivity index (χ0) is 19.1. The van der Waals surface area contributed by atoms with Gasteiger partial charge in [-0.1, -0.05) is 54.4 Å². The predicted molar refractivity (Wildman–Crippen MR) is 112 cm³/mol. The minimum atomic E-state index is -0.451. The smallest absolute Gasteiger partial charge is 0.249 e. The lowest BCUT2D eigenvalue weighted by Gasteiger charge is -2.11. The molecular formula is C22H17Cl2N2O. The van der Waals surface area contributed by atoms with Gasteiger partial charge in [-0.05, 0) is 47.9 Å². The van der Waals surface area contributed by atoms with Crippen LogP contribution in [0.1, 0.15) is 28.4 Å². The van der Waals surface area contributed by atoms with Gasteiger partial charge in [0.1, 0.15) is 0 Å². The van der Waals surface area contributed by atoms with Gasteiger partial charge in [0.15, 0.2) is 0 Å². The molecule has 0 spiro atoms. The van der Waals surface area contributed by atoms with Crippen molar-refractivity contribution >= 4 is 50.9 Å². The topological polar surface area (TPSA) is 48.0 Å². The third kappa shape index (κ3) is 2.97. The summed E-state index contributed by atoms with van der Waals surface area (Å²) in [6.45, 7) is 2.63. The molecule has 0 bridgehead atoms. The Labute approximate surface area is 167 Å². The number of primary amides is 1. The molecular weight excluding hydrogens is 379 g/mol. The summed E-state index contributed by atoms with van der Waals surface area (Å²) < 4.78 is 2.14. The van der Waals surface area contributed by atoms with E-state index in [1.165, 1.54) is 5.56 Å². The first-order valence-electron chi connectivity index (χ1n) is 8.69. The first-order chi connectivity index (χ1) is 13.0. The Kier molecular flexibility index (Phi) is 4.58. The molecule has 5 heteroatoms. The van der Waals surface area contributed by atoms with Crippen molar-refractivity contribution in [2.45, 2.75) is 19.9 Å². The van der Waals surface area contributed by atoms with Crippen LogP contribution >= 0.6 is 23.2 Å². The summed E-state index contributed by atoms with van der Waals surface area (Å²) >= 11 is 12.6. The van der Waals surface area contributed by atoms with E-state index in [4.69, 9.17) is 28.9 Å². The van der Waals surface area contributed by atoms with E-state index < -0.39 is 5.91 Å². The summed E-state index contributed by atoms with van der Waals surface area (Å²) in [5, 5.41) is 2.76. The first kappa shape index (κ1) is 17.9. The average Bonchev–Trinajstić information content (AvgIpc) is 2.98. The molecule has 0 unspecified atom stereocenters. The van der Waals surface area contributed by atoms with Crippen molar-refractivity contribution in [3.8, 4) is 0 Å². The van der Waals surface area contributed by atoms with Crippen LogP contribution < -0.4 is 5.73 Å². The molecule has 4 aromatic rings. The standard InChI is InChI=1S/C22H17Cl2N2O/c1-2-13-9-10-15-19(11-13)26(12-14-5-3-7-17(23)21(14)24)18-8-4-6-16(20(15)18)22(25)27/h3-9,11H,2,12H2,1H3,(H2,25,27). The van der Waals surface area contributed by atoms with Crippen LogP contribution in [0.25, 0.3) is 21.8 Å². The van der Waals surface area contributed by atoms with Crippen LogP contribution in [-0.2, 0) is 13.0 Å². The Morgan fingerprint density at radius 3 is 2.67 bits per heavy atom. The van der Waals surface area contributed by atoms with Gasteiger partial charge in [0.05, 0.1) is 21.1 Å². The Morgan fingerprint density at radius 1 is 1.15 bits per heavy atom. The molecule has 0 aliphatic rings. The summed E-state index contributed by atoms with van der Waals surface area (Å²) in [6.07, 6.45) is 0.897. The second-order valence-corrected chi connectivity index (χ2v) is 7.27. The summed E-state index contributed by atoms with van der Waals surface area (Å²) in [7, 11) is 0. The Balaban J connectivity index is 2.06. The van der Waals surface area contributed by atoms with E-state index in [0.717, 1.165) is 33.8 Å². The lowest BCUT2D eigenvalue weighted by molar-refractivity contribution is 0.100. The van der Waals surface area contributed by atoms with Crippen LogP contribution in [0, 0.1) is 6.07 Å². The average molecular weight is 396 g/mol. The molecule has 27 heavy (non-hydrogen) atoms. The largest absolute Gasteiger partial charge is 0.366 e. The van der Waals surface area contributed by atoms with E-state index in [1.54, 1.807) is 12.1 Å². The van der Waals surface area contributed by atoms with Gasteiger partial charge in [-0.3, -0.25) is 4.79 Å². The molecule has 3 nitrogen and oxygen atoms in total. The number of hydrogen-bond donors (Lipinski definition) is 1. The molecule has 0 fully saturated rings. The first-order valence-corrected chi connectivity index (χ1v) is 9.45. The highest BCUT2D eigenvalue weighted by Crippen LogP contribution is 2.34. The van der Waals surface area contributed by atoms with Gasteiger partial charge in [-0.25, -0.2) is 0 Å². The third-order valence-corrected chi connectivity index (χ3v) is 5.75. The molecule has 0 saturated carbocycles. The maximum atomic E-state index is 12.0. The minimum absolute atomic E-state index is 0.451. The van der Waals surface area contributed by atoms with Gasteiger partial charge in [-0.15, -0.1) is 0 Å². The molecule has 1 amide bonds. The zero-order valence-corrected chi connectivity index (χ0v) is 16.2. The number of carbonyl (C=O) groups is 1. The Morgan fingerprint density at radius 2 is 1.93 bits per heavy atom. The van der Waals surface area contributed by atoms with Crippen LogP contribution in [0.5, 0.6) is 0 Å². The molecule has 4 rings (SSSR count). The number of hydrogen-bond acceptors (Lipinski definition) is 1. The van der Waals surface area contributed by atoms with Gasteiger partial charge in [0, 0.05) is 22.9 Å². The summed E-state index contributed by atoms with van der Waals surface area (Å²) in [4.78, 5) is 12.0. The molecule has 0 aliphatic heterocycles. The SMILES string of the molecule is CCc1c[c]c2c3c(C(N)=O)cccc3n(Cc3cccc(Cl)c3Cl)c2c1. The number of aryl methyl sites for hydroxylation is 1. The normalized spacial score (nSPS) is 11.4. The number of rotatable bonds is 4. The highest BCUT2D eigenvalue weighted by molar-refractivity contribution is 6.42. The number of benzene rings is 3. The van der Waals surface area contributed by atoms with Crippen LogP contribution in [0.15, 0.2) is 48.5 Å². The van der Waals surface area contributed by atoms with Crippen LogP contribution in [0.2, 0.25) is 10.0 Å². The highest BCUT2D eigenvalue weighted by atomic mass is 35.5. The van der Waals surface area contributed by atoms with E-state index in [-0.39, 0.29) is 0 Å². The second-order valence-electron chi connectivity index (χ2n) is 6.48. The lowest BCUT2D eigenvalue weighted by atomic mass is 10.0. The number of fused-ring (bicyclic) bond motifs is 3. The Hall–Kier alpha value is -2.49. The molecule has 3 aromatic carbocycles. The fourth-order valence-corrected chi connectivity index (χ4v) is 3.90. The molecule has 0 atom stereocenters. The van der Waals surface area contributed by atoms with Crippen LogP contribution in [0.4, 0.5) is 0 Å². The summed E-state index contributed by atoms with van der Waals surface area (Å²) in [5.41, 5.74) is 10.1. The quantitative estimate of drug-likeness (QED) is 0.479. The Bertz CT molecular complexity index is 1190. The fraction of sp³-hybridized carbons (Fsp3) is 0.136. The van der Waals surface area contributed by atoms with Crippen molar-refractivity contribution in [2.75, 3.05) is 0 Å². The van der Waals surface area contributed by atoms with Crippen molar-refractivity contribution in [1.29, 1.82) is 0 Å². The predicted octanol–water partition coefficient (Wildman–Crippen LogP) is 5.61. The molecule has 0 aliphatic carbocycles. The number of carbonyl (C=O) groups excluding carboxylic acids is 1. The lowest BCUT2D eigenvalue weighted by Crippen LogP contribution is -2.11. The van der Waals surface area contributed by atoms with Crippen molar-refractivity contribution < 1.29 is 4.79 Å². The van der Waals surface area contributed by atoms with E-state index in [0.29, 0.717) is 22.2 Å². The van der Waals surface area contributed by atoms with Gasteiger partial charge in [-0.2, -0.15) is 0 Å². The highest BCUT2D eigenvalue weighted by Gasteiger charge is 2.18. The van der Waals surface area contributed by atoms with Crippen molar-refractivity contribution in [1.82, 2.24) is 4.57 Å². The summed E-state index contributed by atoms with van der Waals surface area (Å²) in [6, 6.07) is 18.7. The molecule has 1 aromatic heterocycles. The minimum Gasteiger partial charge on any atom is -0.366 e. The van der Waals surface area contributed by atoms with E-state index in [2.05, 4.69) is 23.6 Å². The second kappa shape index (κ2) is 6.91. The monoisotopic (exact) mass is 395 g/mol. The maximum Gasteiger partial charge on any atom is 0.249 e. The van der Waals surface area contributed by atoms with Gasteiger partial charge >= 0.3 is 0 Å². The molecule has 135 valence electrons. The summed E-state index contributed by atoms with van der Waals surface area (Å²) in [5.74, 6) is -0.451. The number of nitrogens with two attached hydrogens (primary N) is 1. The van der Waals surface area contributed by atoms with Crippen LogP contribution in [-0.4, -0.2) is 10.5 Å². The third-order valence-electron chi connectivity index (χ3n) is 4.89. The molecule has 2 N–H and O–H groups in total. The molecule has 1 radical (unpaired) electrons. The fourth-order valence-electron chi connectivity index (χ4n) is 3.52. The van der Waals surface area contributed by atoms with E-state index in [9.17, 15) is 4.79 Å². The van der Waals surface area contributed by atoms with Crippen molar-refractivity contribution in [3.63, 3.8) is 0 Å². The van der Waals surface area contributed by atoms with E-state index >= 15 is 0 Å². The van der Waals surface area contributed by atoms with Crippen molar-refractivity contribution in [3.05, 3.63) is 81.3 Å². The van der Waals surface area contributed by atoms with Crippen LogP contribution in [0.3, 0.4) is 0 Å². The number of nitrogens with zero attached hydrogens (tertiary/aromatic N) is 1. The number of aromatic nitrogens is 1. The zero-order valence-electron chi connectivity index (χ0n) is 14.7. The van der Waals surface area contributed by atoms with Gasteiger partial charge in [0.2, 0.25) is 5.91 Å². The maximum absolute atomic E-state index is 12.0. The molecule has 1 heterocycles. The number of halogens is 2. The number of amides is 1. The van der Waals surface area contributed by atoms with Gasteiger partial charge in [0.25, 0.3) is 0 Å². The molecule has 0 saturated heterocycles. The van der Waals surface area contributed by atoms with Gasteiger partial charge < -0.3 is 10.3 Å². The van der Waals surface area contributed by atoms with E-state index in [1.807, 2.05) is 30.3 Å².